The summed E-state index contributed by atoms with van der Waals surface area (Å²) in [6.45, 7) is 15.9. The monoisotopic (exact) mass is 480 g/mol. The summed E-state index contributed by atoms with van der Waals surface area (Å²) in [6.07, 6.45) is 0.915. The molecule has 2 heterocycles. The average Bonchev–Trinajstić information content (AvgIpc) is 2.87. The molecule has 2 aliphatic heterocycles. The molecule has 0 spiro atoms. The zero-order valence-corrected chi connectivity index (χ0v) is 21.8. The van der Waals surface area contributed by atoms with Crippen LogP contribution in [0.25, 0.3) is 0 Å². The highest BCUT2D eigenvalue weighted by atomic mass is 32.2. The van der Waals surface area contributed by atoms with Crippen molar-refractivity contribution in [3.8, 4) is 0 Å². The van der Waals surface area contributed by atoms with E-state index in [-0.39, 0.29) is 11.4 Å². The summed E-state index contributed by atoms with van der Waals surface area (Å²) < 4.78 is 46.9. The lowest BCUT2D eigenvalue weighted by Gasteiger charge is -2.34. The number of ether oxygens (including phenoxy) is 1. The maximum atomic E-state index is 13.3. The van der Waals surface area contributed by atoms with Crippen molar-refractivity contribution in [3.63, 3.8) is 0 Å². The fourth-order valence-electron chi connectivity index (χ4n) is 3.90. The molecule has 1 aromatic rings. The summed E-state index contributed by atoms with van der Waals surface area (Å²) in [4.78, 5) is 14.2. The first-order valence-corrected chi connectivity index (χ1v) is 12.9. The molecule has 184 valence electrons. The minimum Gasteiger partial charge on any atom is -0.444 e. The van der Waals surface area contributed by atoms with Gasteiger partial charge in [0.2, 0.25) is 10.0 Å². The summed E-state index contributed by atoms with van der Waals surface area (Å²) >= 11 is 0. The van der Waals surface area contributed by atoms with Crippen LogP contribution in [0.15, 0.2) is 23.1 Å². The van der Waals surface area contributed by atoms with Crippen LogP contribution in [-0.4, -0.2) is 62.5 Å². The Morgan fingerprint density at radius 3 is 2.33 bits per heavy atom. The van der Waals surface area contributed by atoms with Gasteiger partial charge in [-0.3, -0.25) is 0 Å². The van der Waals surface area contributed by atoms with Crippen molar-refractivity contribution in [1.82, 2.24) is 9.62 Å². The largest absolute Gasteiger partial charge is 0.494 e. The number of hydrogen-bond donors (Lipinski definition) is 1. The number of carbonyl (C=O) groups excluding carboxylic acids is 1. The van der Waals surface area contributed by atoms with Gasteiger partial charge >= 0.3 is 13.2 Å². The normalized spacial score (nSPS) is 23.0. The number of hydrogen-bond acceptors (Lipinski definition) is 6. The smallest absolute Gasteiger partial charge is 0.444 e. The van der Waals surface area contributed by atoms with Crippen molar-refractivity contribution in [2.24, 2.45) is 0 Å². The molecular weight excluding hydrogens is 443 g/mol. The molecule has 0 aliphatic carbocycles. The number of nitrogens with one attached hydrogen (secondary N) is 1. The van der Waals surface area contributed by atoms with Crippen molar-refractivity contribution >= 4 is 28.7 Å². The molecule has 1 unspecified atom stereocenters. The summed E-state index contributed by atoms with van der Waals surface area (Å²) in [5.41, 5.74) is -0.193. The highest BCUT2D eigenvalue weighted by Crippen LogP contribution is 2.36. The van der Waals surface area contributed by atoms with E-state index in [1.165, 1.54) is 0 Å². The van der Waals surface area contributed by atoms with E-state index in [9.17, 15) is 13.2 Å². The average molecular weight is 480 g/mol. The van der Waals surface area contributed by atoms with Gasteiger partial charge in [-0.15, -0.1) is 0 Å². The van der Waals surface area contributed by atoms with Gasteiger partial charge in [-0.25, -0.2) is 17.9 Å². The van der Waals surface area contributed by atoms with Gasteiger partial charge in [0, 0.05) is 19.1 Å². The molecule has 10 heteroatoms. The molecule has 2 aliphatic rings. The zero-order chi connectivity index (χ0) is 24.8. The van der Waals surface area contributed by atoms with E-state index in [2.05, 4.69) is 4.72 Å². The minimum atomic E-state index is -3.82. The van der Waals surface area contributed by atoms with Crippen LogP contribution in [0.4, 0.5) is 4.79 Å². The van der Waals surface area contributed by atoms with Crippen LogP contribution < -0.4 is 10.2 Å². The number of nitrogens with zero attached hydrogens (tertiary/aromatic N) is 1. The SMILES string of the molecule is Cc1cc(B2OC(C)(C)C(C)(C)O2)cc(S(=O)(=O)NC2CCCN(C(=O)OC(C)(C)C)C2)c1. The number of sulfonamides is 1. The quantitative estimate of drug-likeness (QED) is 0.666. The molecule has 2 fully saturated rings. The lowest BCUT2D eigenvalue weighted by Crippen LogP contribution is -2.50. The van der Waals surface area contributed by atoms with Gasteiger partial charge < -0.3 is 18.9 Å². The van der Waals surface area contributed by atoms with Crippen molar-refractivity contribution < 1.29 is 27.3 Å². The van der Waals surface area contributed by atoms with E-state index in [0.717, 1.165) is 5.56 Å². The lowest BCUT2D eigenvalue weighted by molar-refractivity contribution is 0.00578. The van der Waals surface area contributed by atoms with E-state index in [1.54, 1.807) is 17.0 Å². The summed E-state index contributed by atoms with van der Waals surface area (Å²) in [6, 6.07) is 4.72. The Bertz CT molecular complexity index is 987. The third-order valence-corrected chi connectivity index (χ3v) is 7.80. The first-order chi connectivity index (χ1) is 15.0. The number of aryl methyl sites for hydroxylation is 1. The summed E-state index contributed by atoms with van der Waals surface area (Å²) in [7, 11) is -4.47. The van der Waals surface area contributed by atoms with Crippen molar-refractivity contribution in [1.29, 1.82) is 0 Å². The van der Waals surface area contributed by atoms with Gasteiger partial charge in [0.1, 0.15) is 5.60 Å². The van der Waals surface area contributed by atoms with Crippen molar-refractivity contribution in [2.45, 2.75) is 96.0 Å². The zero-order valence-electron chi connectivity index (χ0n) is 21.0. The van der Waals surface area contributed by atoms with Gasteiger partial charge in [-0.2, -0.15) is 0 Å². The lowest BCUT2D eigenvalue weighted by atomic mass is 9.78. The van der Waals surface area contributed by atoms with E-state index >= 15 is 0 Å². The number of amides is 1. The second kappa shape index (κ2) is 8.87. The van der Waals surface area contributed by atoms with Gasteiger partial charge in [0.05, 0.1) is 16.1 Å². The Labute approximate surface area is 198 Å². The molecule has 0 aromatic heterocycles. The number of likely N-dealkylation sites (tertiary alicyclic amines) is 1. The van der Waals surface area contributed by atoms with Crippen LogP contribution >= 0.6 is 0 Å². The molecule has 0 radical (unpaired) electrons. The van der Waals surface area contributed by atoms with E-state index in [1.807, 2.05) is 61.5 Å². The third kappa shape index (κ3) is 6.09. The molecule has 0 saturated carbocycles. The maximum Gasteiger partial charge on any atom is 0.494 e. The van der Waals surface area contributed by atoms with Crippen LogP contribution in [0.3, 0.4) is 0 Å². The van der Waals surface area contributed by atoms with Crippen LogP contribution in [0.2, 0.25) is 0 Å². The predicted octanol–water partition coefficient (Wildman–Crippen LogP) is 2.97. The summed E-state index contributed by atoms with van der Waals surface area (Å²) in [5.74, 6) is 0. The second-order valence-corrected chi connectivity index (χ2v) is 12.8. The molecule has 33 heavy (non-hydrogen) atoms. The molecule has 1 amide bonds. The highest BCUT2D eigenvalue weighted by Gasteiger charge is 2.51. The molecule has 1 atom stereocenters. The van der Waals surface area contributed by atoms with Crippen LogP contribution in [0, 0.1) is 6.92 Å². The van der Waals surface area contributed by atoms with E-state index in [0.29, 0.717) is 24.8 Å². The minimum absolute atomic E-state index is 0.154. The standard InChI is InChI=1S/C23H37BN2O6S/c1-16-12-17(24-31-22(5,6)23(7,8)32-24)14-19(13-16)33(28,29)25-18-10-9-11-26(15-18)20(27)30-21(2,3)4/h12-14,18,25H,9-11,15H2,1-8H3. The Balaban J connectivity index is 1.76. The Morgan fingerprint density at radius 2 is 1.76 bits per heavy atom. The Morgan fingerprint density at radius 1 is 1.15 bits per heavy atom. The fourth-order valence-corrected chi connectivity index (χ4v) is 5.30. The number of piperidine rings is 1. The molecule has 1 aromatic carbocycles. The number of benzene rings is 1. The Kier molecular flexibility index (Phi) is 6.99. The van der Waals surface area contributed by atoms with Gasteiger partial charge in [-0.1, -0.05) is 11.6 Å². The second-order valence-electron chi connectivity index (χ2n) is 11.1. The fraction of sp³-hybridized carbons (Fsp3) is 0.696. The molecular formula is C23H37BN2O6S. The molecule has 3 rings (SSSR count). The van der Waals surface area contributed by atoms with Crippen molar-refractivity contribution in [3.05, 3.63) is 23.8 Å². The molecule has 8 nitrogen and oxygen atoms in total. The topological polar surface area (TPSA) is 94.2 Å². The first kappa shape index (κ1) is 26.0. The molecule has 0 bridgehead atoms. The van der Waals surface area contributed by atoms with Crippen molar-refractivity contribution in [2.75, 3.05) is 13.1 Å². The van der Waals surface area contributed by atoms with Gasteiger partial charge in [0.25, 0.3) is 0 Å². The van der Waals surface area contributed by atoms with Crippen LogP contribution in [0.5, 0.6) is 0 Å². The highest BCUT2D eigenvalue weighted by molar-refractivity contribution is 7.89. The number of carbonyl (C=O) groups is 1. The number of rotatable bonds is 4. The summed E-state index contributed by atoms with van der Waals surface area (Å²) in [5, 5.41) is 0. The van der Waals surface area contributed by atoms with E-state index in [4.69, 9.17) is 14.0 Å². The van der Waals surface area contributed by atoms with Gasteiger partial charge in [-0.05, 0) is 85.8 Å². The molecule has 2 saturated heterocycles. The molecule has 1 N–H and O–H groups in total. The van der Waals surface area contributed by atoms with E-state index < -0.39 is 46.1 Å². The van der Waals surface area contributed by atoms with Crippen LogP contribution in [0.1, 0.15) is 66.9 Å². The van der Waals surface area contributed by atoms with Gasteiger partial charge in [0.15, 0.2) is 0 Å². The van der Waals surface area contributed by atoms with Crippen LogP contribution in [-0.2, 0) is 24.1 Å². The maximum absolute atomic E-state index is 13.3. The first-order valence-electron chi connectivity index (χ1n) is 11.5. The third-order valence-electron chi connectivity index (χ3n) is 6.30. The predicted molar refractivity (Wildman–Crippen MR) is 128 cm³/mol. The Hall–Kier alpha value is -1.62.